The number of carbonyl (C=O) groups excluding carboxylic acids is 2. The zero-order chi connectivity index (χ0) is 31.0. The van der Waals surface area contributed by atoms with E-state index in [2.05, 4.69) is 9.71 Å². The summed E-state index contributed by atoms with van der Waals surface area (Å²) in [5.41, 5.74) is 3.79. The Hall–Kier alpha value is -4.48. The molecule has 2 aromatic carbocycles. The molecule has 2 amide bonds. The Labute approximate surface area is 261 Å². The summed E-state index contributed by atoms with van der Waals surface area (Å²) >= 11 is 0. The number of hydrogen-bond acceptors (Lipinski definition) is 7. The maximum atomic E-state index is 13.7. The maximum Gasteiger partial charge on any atom is 0.265 e. The summed E-state index contributed by atoms with van der Waals surface area (Å²) in [7, 11) is -4.21. The monoisotopic (exact) mass is 626 g/mol. The molecule has 1 saturated heterocycles. The fourth-order valence-corrected chi connectivity index (χ4v) is 8.01. The number of aromatic nitrogens is 2. The van der Waals surface area contributed by atoms with E-state index in [0.717, 1.165) is 47.9 Å². The fraction of sp³-hybridized carbons (Fsp3) is 0.324. The minimum Gasteiger partial charge on any atom is -0.472 e. The Morgan fingerprint density at radius 2 is 1.80 bits per heavy atom. The molecule has 1 aliphatic carbocycles. The molecule has 5 aromatic rings. The van der Waals surface area contributed by atoms with Crippen molar-refractivity contribution in [1.29, 1.82) is 0 Å². The molecule has 2 aliphatic rings. The van der Waals surface area contributed by atoms with Crippen LogP contribution in [-0.4, -0.2) is 61.0 Å². The molecule has 7 rings (SSSR count). The van der Waals surface area contributed by atoms with E-state index >= 15 is 0 Å². The van der Waals surface area contributed by atoms with Gasteiger partial charge in [0.2, 0.25) is 5.91 Å². The first kappa shape index (κ1) is 29.2. The molecule has 0 atom stereocenters. The van der Waals surface area contributed by atoms with Gasteiger partial charge in [-0.3, -0.25) is 14.6 Å². The highest BCUT2D eigenvalue weighted by molar-refractivity contribution is 7.90. The Bertz CT molecular complexity index is 1980. The van der Waals surface area contributed by atoms with E-state index in [1.54, 1.807) is 54.0 Å². The minimum absolute atomic E-state index is 0.00172. The van der Waals surface area contributed by atoms with E-state index < -0.39 is 15.9 Å². The van der Waals surface area contributed by atoms with Gasteiger partial charge in [0.1, 0.15) is 6.54 Å². The van der Waals surface area contributed by atoms with Gasteiger partial charge in [-0.15, -0.1) is 0 Å². The zero-order valence-corrected chi connectivity index (χ0v) is 25.6. The molecule has 1 saturated carbocycles. The van der Waals surface area contributed by atoms with Crippen LogP contribution in [0.25, 0.3) is 32.9 Å². The molecule has 3 aromatic heterocycles. The van der Waals surface area contributed by atoms with E-state index in [-0.39, 0.29) is 28.8 Å². The minimum atomic E-state index is -4.21. The summed E-state index contributed by atoms with van der Waals surface area (Å²) in [5.74, 6) is -0.510. The second kappa shape index (κ2) is 12.1. The van der Waals surface area contributed by atoms with Gasteiger partial charge in [0.25, 0.3) is 15.9 Å². The van der Waals surface area contributed by atoms with Crippen molar-refractivity contribution in [3.05, 3.63) is 84.6 Å². The van der Waals surface area contributed by atoms with Gasteiger partial charge in [-0.1, -0.05) is 37.5 Å². The van der Waals surface area contributed by atoms with E-state index in [4.69, 9.17) is 9.15 Å². The first-order valence-corrected chi connectivity index (χ1v) is 16.8. The van der Waals surface area contributed by atoms with E-state index in [9.17, 15) is 18.0 Å². The molecule has 232 valence electrons. The number of sulfonamides is 1. The third kappa shape index (κ3) is 5.62. The smallest absolute Gasteiger partial charge is 0.265 e. The predicted octanol–water partition coefficient (Wildman–Crippen LogP) is 5.47. The van der Waals surface area contributed by atoms with Crippen LogP contribution in [-0.2, 0) is 26.1 Å². The second-order valence-corrected chi connectivity index (χ2v) is 13.4. The second-order valence-electron chi connectivity index (χ2n) is 11.7. The van der Waals surface area contributed by atoms with Crippen molar-refractivity contribution in [3.63, 3.8) is 0 Å². The van der Waals surface area contributed by atoms with Gasteiger partial charge in [-0.25, -0.2) is 13.1 Å². The quantitative estimate of drug-likeness (QED) is 0.254. The van der Waals surface area contributed by atoms with Gasteiger partial charge in [0.15, 0.2) is 0 Å². The summed E-state index contributed by atoms with van der Waals surface area (Å²) < 4.78 is 42.2. The standard InChI is InChI=1S/C34H34N4O6S/c39-31(37-14-17-43-18-15-37)21-38-29-19-24(34(40)36-45(41,42)30-8-4-7-25-20-35-13-11-27(25)30)9-10-28(29)32(23-5-2-1-3-6-23)33(38)26-12-16-44-22-26/h4,7-13,16,19-20,22-23H,1-3,5-6,14-15,17-18,21H2,(H,36,40). The predicted molar refractivity (Wildman–Crippen MR) is 169 cm³/mol. The average Bonchev–Trinajstić information content (AvgIpc) is 3.71. The van der Waals surface area contributed by atoms with E-state index in [0.29, 0.717) is 42.6 Å². The van der Waals surface area contributed by atoms with Gasteiger partial charge < -0.3 is 18.6 Å². The van der Waals surface area contributed by atoms with Crippen LogP contribution >= 0.6 is 0 Å². The van der Waals surface area contributed by atoms with Crippen LogP contribution in [0.4, 0.5) is 0 Å². The topological polar surface area (TPSA) is 124 Å². The van der Waals surface area contributed by atoms with Gasteiger partial charge in [-0.05, 0) is 54.7 Å². The van der Waals surface area contributed by atoms with Crippen LogP contribution in [0.3, 0.4) is 0 Å². The van der Waals surface area contributed by atoms with Crippen LogP contribution in [0.1, 0.15) is 53.9 Å². The molecule has 1 N–H and O–H groups in total. The molecular weight excluding hydrogens is 592 g/mol. The third-order valence-electron chi connectivity index (χ3n) is 8.99. The number of ether oxygens (including phenoxy) is 1. The molecule has 10 nitrogen and oxygen atoms in total. The van der Waals surface area contributed by atoms with Crippen LogP contribution in [0.15, 0.2) is 82.8 Å². The van der Waals surface area contributed by atoms with Crippen molar-refractivity contribution in [2.24, 2.45) is 0 Å². The number of furan rings is 1. The molecule has 11 heteroatoms. The number of fused-ring (bicyclic) bond motifs is 2. The lowest BCUT2D eigenvalue weighted by molar-refractivity contribution is -0.135. The fourth-order valence-electron chi connectivity index (χ4n) is 6.81. The van der Waals surface area contributed by atoms with Crippen LogP contribution in [0, 0.1) is 0 Å². The normalized spacial score (nSPS) is 16.3. The number of hydrogen-bond donors (Lipinski definition) is 1. The highest BCUT2D eigenvalue weighted by atomic mass is 32.2. The number of nitrogens with zero attached hydrogens (tertiary/aromatic N) is 3. The number of benzene rings is 2. The number of rotatable bonds is 7. The highest BCUT2D eigenvalue weighted by Crippen LogP contribution is 2.44. The van der Waals surface area contributed by atoms with Gasteiger partial charge in [0, 0.05) is 52.8 Å². The van der Waals surface area contributed by atoms with E-state index in [1.807, 2.05) is 16.7 Å². The highest BCUT2D eigenvalue weighted by Gasteiger charge is 2.30. The van der Waals surface area contributed by atoms with Crippen LogP contribution < -0.4 is 4.72 Å². The number of morpholine rings is 1. The lowest BCUT2D eigenvalue weighted by Crippen LogP contribution is -2.42. The Balaban J connectivity index is 1.32. The SMILES string of the molecule is O=C(NS(=O)(=O)c1cccc2cnccc12)c1ccc2c(C3CCCCC3)c(-c3ccoc3)n(CC(=O)N3CCOCC3)c2c1. The molecule has 4 heterocycles. The Morgan fingerprint density at radius 1 is 0.978 bits per heavy atom. The molecule has 0 bridgehead atoms. The lowest BCUT2D eigenvalue weighted by atomic mass is 9.82. The summed E-state index contributed by atoms with van der Waals surface area (Å²) in [6.07, 6.45) is 11.9. The number of pyridine rings is 1. The summed E-state index contributed by atoms with van der Waals surface area (Å²) in [4.78, 5) is 33.1. The lowest BCUT2D eigenvalue weighted by Gasteiger charge is -2.27. The first-order chi connectivity index (χ1) is 21.9. The number of carbonyl (C=O) groups is 2. The van der Waals surface area contributed by atoms with Crippen molar-refractivity contribution in [1.82, 2.24) is 19.2 Å². The largest absolute Gasteiger partial charge is 0.472 e. The van der Waals surface area contributed by atoms with Gasteiger partial charge in [0.05, 0.1) is 41.8 Å². The maximum absolute atomic E-state index is 13.7. The van der Waals surface area contributed by atoms with Crippen LogP contribution in [0.2, 0.25) is 0 Å². The molecule has 1 aliphatic heterocycles. The number of nitrogens with one attached hydrogen (secondary N) is 1. The van der Waals surface area contributed by atoms with Gasteiger partial charge >= 0.3 is 0 Å². The van der Waals surface area contributed by atoms with Crippen molar-refractivity contribution >= 4 is 43.5 Å². The molecular formula is C34H34N4O6S. The first-order valence-electron chi connectivity index (χ1n) is 15.3. The zero-order valence-electron chi connectivity index (χ0n) is 24.8. The summed E-state index contributed by atoms with van der Waals surface area (Å²) in [6.45, 7) is 2.09. The van der Waals surface area contributed by atoms with Crippen molar-refractivity contribution in [2.75, 3.05) is 26.3 Å². The summed E-state index contributed by atoms with van der Waals surface area (Å²) in [6, 6.07) is 13.6. The Kier molecular flexibility index (Phi) is 7.88. The number of amides is 2. The van der Waals surface area contributed by atoms with Crippen LogP contribution in [0.5, 0.6) is 0 Å². The van der Waals surface area contributed by atoms with Crippen molar-refractivity contribution < 1.29 is 27.2 Å². The average molecular weight is 627 g/mol. The summed E-state index contributed by atoms with van der Waals surface area (Å²) in [5, 5.41) is 2.08. The molecule has 0 spiro atoms. The van der Waals surface area contributed by atoms with Crippen molar-refractivity contribution in [3.8, 4) is 11.3 Å². The molecule has 0 radical (unpaired) electrons. The molecule has 45 heavy (non-hydrogen) atoms. The Morgan fingerprint density at radius 3 is 2.58 bits per heavy atom. The third-order valence-corrected chi connectivity index (χ3v) is 10.4. The molecule has 2 fully saturated rings. The van der Waals surface area contributed by atoms with Crippen molar-refractivity contribution in [2.45, 2.75) is 49.5 Å². The van der Waals surface area contributed by atoms with Gasteiger partial charge in [-0.2, -0.15) is 0 Å². The molecule has 0 unspecified atom stereocenters. The van der Waals surface area contributed by atoms with E-state index in [1.165, 1.54) is 18.7 Å².